The van der Waals surface area contributed by atoms with Gasteiger partial charge in [0.05, 0.1) is 5.69 Å². The van der Waals surface area contributed by atoms with Crippen LogP contribution in [0.2, 0.25) is 0 Å². The van der Waals surface area contributed by atoms with Gasteiger partial charge in [-0.05, 0) is 6.42 Å². The molecule has 0 aliphatic heterocycles. The number of rotatable bonds is 6. The molecule has 0 spiro atoms. The number of anilines is 3. The molecule has 2 heterocycles. The minimum absolute atomic E-state index is 0.562. The zero-order valence-corrected chi connectivity index (χ0v) is 13.9. The molecular weight excluding hydrogens is 282 g/mol. The van der Waals surface area contributed by atoms with Gasteiger partial charge in [-0.3, -0.25) is 10.0 Å². The minimum atomic E-state index is 0.562. The molecule has 0 saturated carbocycles. The van der Waals surface area contributed by atoms with Gasteiger partial charge in [0.2, 0.25) is 11.9 Å². The van der Waals surface area contributed by atoms with Gasteiger partial charge in [0.15, 0.2) is 5.82 Å². The highest BCUT2D eigenvalue weighted by atomic mass is 15.5. The standard InChI is InChI=1S/C13H23N9/c1-7-8-9-10(19-12(17-8)21(5)15-3)11(14-2)20-13(18-9)22(6)16-4/h15-16H,7H2,1-6H3,(H,14,18,20). The van der Waals surface area contributed by atoms with Gasteiger partial charge in [0.1, 0.15) is 11.0 Å². The normalized spacial score (nSPS) is 10.8. The number of hydrogen-bond donors (Lipinski definition) is 3. The van der Waals surface area contributed by atoms with Crippen LogP contribution in [0.15, 0.2) is 0 Å². The SMILES string of the molecule is CCc1nc(N(C)NC)nc2c(NC)nc(N(C)NC)nc12. The van der Waals surface area contributed by atoms with Crippen LogP contribution < -0.4 is 26.2 Å². The summed E-state index contributed by atoms with van der Waals surface area (Å²) in [4.78, 5) is 18.3. The van der Waals surface area contributed by atoms with E-state index in [9.17, 15) is 0 Å². The third kappa shape index (κ3) is 2.85. The van der Waals surface area contributed by atoms with Crippen LogP contribution in [0.3, 0.4) is 0 Å². The van der Waals surface area contributed by atoms with Crippen molar-refractivity contribution in [1.29, 1.82) is 0 Å². The highest BCUT2D eigenvalue weighted by Crippen LogP contribution is 2.25. The molecule has 0 aromatic carbocycles. The third-order valence-electron chi connectivity index (χ3n) is 3.43. The molecule has 0 saturated heterocycles. The summed E-state index contributed by atoms with van der Waals surface area (Å²) in [6, 6.07) is 0. The van der Waals surface area contributed by atoms with Gasteiger partial charge < -0.3 is 5.32 Å². The maximum Gasteiger partial charge on any atom is 0.242 e. The van der Waals surface area contributed by atoms with E-state index in [0.717, 1.165) is 17.6 Å². The van der Waals surface area contributed by atoms with Crippen molar-refractivity contribution < 1.29 is 0 Å². The molecule has 9 nitrogen and oxygen atoms in total. The Balaban J connectivity index is 2.74. The van der Waals surface area contributed by atoms with Gasteiger partial charge in [-0.1, -0.05) is 6.92 Å². The van der Waals surface area contributed by atoms with Gasteiger partial charge in [-0.25, -0.2) is 25.8 Å². The topological polar surface area (TPSA) is 94.1 Å². The molecule has 0 unspecified atom stereocenters. The van der Waals surface area contributed by atoms with Crippen LogP contribution in [-0.4, -0.2) is 55.2 Å². The van der Waals surface area contributed by atoms with Crippen molar-refractivity contribution >= 4 is 28.7 Å². The van der Waals surface area contributed by atoms with Gasteiger partial charge in [-0.15, -0.1) is 0 Å². The van der Waals surface area contributed by atoms with Crippen molar-refractivity contribution in [1.82, 2.24) is 30.8 Å². The molecule has 22 heavy (non-hydrogen) atoms. The number of hydrazine groups is 2. The number of fused-ring (bicyclic) bond motifs is 1. The minimum Gasteiger partial charge on any atom is -0.371 e. The van der Waals surface area contributed by atoms with Gasteiger partial charge in [0.25, 0.3) is 0 Å². The van der Waals surface area contributed by atoms with E-state index in [0.29, 0.717) is 23.2 Å². The molecule has 2 rings (SSSR count). The van der Waals surface area contributed by atoms with Crippen LogP contribution in [0, 0.1) is 0 Å². The van der Waals surface area contributed by atoms with Crippen LogP contribution in [-0.2, 0) is 6.42 Å². The predicted octanol–water partition coefficient (Wildman–Crippen LogP) is 0.165. The fourth-order valence-electron chi connectivity index (χ4n) is 1.97. The molecule has 0 aliphatic rings. The van der Waals surface area contributed by atoms with E-state index in [1.165, 1.54) is 0 Å². The van der Waals surface area contributed by atoms with Crippen LogP contribution in [0.5, 0.6) is 0 Å². The zero-order valence-electron chi connectivity index (χ0n) is 13.9. The molecule has 0 bridgehead atoms. The maximum atomic E-state index is 4.60. The van der Waals surface area contributed by atoms with Crippen molar-refractivity contribution in [2.75, 3.05) is 50.6 Å². The third-order valence-corrected chi connectivity index (χ3v) is 3.43. The molecule has 0 amide bonds. The van der Waals surface area contributed by atoms with Crippen LogP contribution in [0.25, 0.3) is 11.0 Å². The molecule has 0 radical (unpaired) electrons. The smallest absolute Gasteiger partial charge is 0.242 e. The number of nitrogens with one attached hydrogen (secondary N) is 3. The average Bonchev–Trinajstić information content (AvgIpc) is 2.57. The molecule has 2 aromatic rings. The largest absolute Gasteiger partial charge is 0.371 e. The second-order valence-electron chi connectivity index (χ2n) is 4.71. The van der Waals surface area contributed by atoms with E-state index < -0.39 is 0 Å². The van der Waals surface area contributed by atoms with Crippen molar-refractivity contribution in [2.45, 2.75) is 13.3 Å². The lowest BCUT2D eigenvalue weighted by Gasteiger charge is -2.20. The quantitative estimate of drug-likeness (QED) is 0.645. The lowest BCUT2D eigenvalue weighted by molar-refractivity contribution is 0.750. The Morgan fingerprint density at radius 1 is 0.818 bits per heavy atom. The predicted molar refractivity (Wildman–Crippen MR) is 89.0 cm³/mol. The van der Waals surface area contributed by atoms with Gasteiger partial charge in [0, 0.05) is 35.2 Å². The maximum absolute atomic E-state index is 4.60. The molecule has 9 heteroatoms. The summed E-state index contributed by atoms with van der Waals surface area (Å²) in [6.07, 6.45) is 0.756. The number of nitrogens with zero attached hydrogens (tertiary/aromatic N) is 6. The van der Waals surface area contributed by atoms with Crippen LogP contribution in [0.4, 0.5) is 17.7 Å². The van der Waals surface area contributed by atoms with E-state index >= 15 is 0 Å². The van der Waals surface area contributed by atoms with E-state index in [1.54, 1.807) is 10.0 Å². The molecule has 0 atom stereocenters. The Kier molecular flexibility index (Phi) is 4.88. The Morgan fingerprint density at radius 3 is 1.86 bits per heavy atom. The number of hydrogen-bond acceptors (Lipinski definition) is 9. The number of aryl methyl sites for hydroxylation is 1. The second kappa shape index (κ2) is 6.67. The number of aromatic nitrogens is 4. The fraction of sp³-hybridized carbons (Fsp3) is 0.538. The first-order valence-electron chi connectivity index (χ1n) is 7.14. The van der Waals surface area contributed by atoms with Gasteiger partial charge in [-0.2, -0.15) is 4.98 Å². The summed E-state index contributed by atoms with van der Waals surface area (Å²) in [5.41, 5.74) is 8.34. The first-order chi connectivity index (χ1) is 10.5. The van der Waals surface area contributed by atoms with E-state index in [-0.39, 0.29) is 0 Å². The Bertz CT molecular complexity index is 600. The Labute approximate surface area is 130 Å². The lowest BCUT2D eigenvalue weighted by Crippen LogP contribution is -2.33. The molecule has 0 fully saturated rings. The van der Waals surface area contributed by atoms with Crippen molar-refractivity contribution in [3.05, 3.63) is 5.69 Å². The van der Waals surface area contributed by atoms with Crippen LogP contribution >= 0.6 is 0 Å². The first-order valence-corrected chi connectivity index (χ1v) is 7.14. The summed E-state index contributed by atoms with van der Waals surface area (Å²) in [5, 5.41) is 6.59. The summed E-state index contributed by atoms with van der Waals surface area (Å²) in [5.74, 6) is 1.82. The molecule has 0 aliphatic carbocycles. The van der Waals surface area contributed by atoms with Crippen molar-refractivity contribution in [3.8, 4) is 0 Å². The Hall–Kier alpha value is -2.26. The summed E-state index contributed by atoms with van der Waals surface area (Å²) < 4.78 is 0. The second-order valence-corrected chi connectivity index (χ2v) is 4.71. The molecule has 120 valence electrons. The fourth-order valence-corrected chi connectivity index (χ4v) is 1.97. The first kappa shape index (κ1) is 16.1. The van der Waals surface area contributed by atoms with E-state index in [1.807, 2.05) is 42.2 Å². The van der Waals surface area contributed by atoms with E-state index in [2.05, 4.69) is 36.1 Å². The summed E-state index contributed by atoms with van der Waals surface area (Å²) in [6.45, 7) is 2.05. The van der Waals surface area contributed by atoms with Crippen LogP contribution in [0.1, 0.15) is 12.6 Å². The van der Waals surface area contributed by atoms with Crippen molar-refractivity contribution in [3.63, 3.8) is 0 Å². The molecular formula is C13H23N9. The van der Waals surface area contributed by atoms with Crippen molar-refractivity contribution in [2.24, 2.45) is 0 Å². The average molecular weight is 305 g/mol. The monoisotopic (exact) mass is 305 g/mol. The van der Waals surface area contributed by atoms with E-state index in [4.69, 9.17) is 0 Å². The summed E-state index contributed by atoms with van der Waals surface area (Å²) in [7, 11) is 9.18. The zero-order chi connectivity index (χ0) is 16.3. The summed E-state index contributed by atoms with van der Waals surface area (Å²) >= 11 is 0. The highest BCUT2D eigenvalue weighted by molar-refractivity contribution is 5.88. The highest BCUT2D eigenvalue weighted by Gasteiger charge is 2.17. The molecule has 2 aromatic heterocycles. The van der Waals surface area contributed by atoms with Gasteiger partial charge >= 0.3 is 0 Å². The Morgan fingerprint density at radius 2 is 1.36 bits per heavy atom. The molecule has 3 N–H and O–H groups in total. The lowest BCUT2D eigenvalue weighted by atomic mass is 10.2.